The van der Waals surface area contributed by atoms with Gasteiger partial charge in [-0.15, -0.1) is 0 Å². The molecule has 1 aliphatic rings. The third-order valence-corrected chi connectivity index (χ3v) is 7.85. The summed E-state index contributed by atoms with van der Waals surface area (Å²) in [6, 6.07) is 26.4. The monoisotopic (exact) mass is 612 g/mol. The van der Waals surface area contributed by atoms with Gasteiger partial charge in [-0.3, -0.25) is 15.0 Å². The van der Waals surface area contributed by atoms with E-state index in [2.05, 4.69) is 46.4 Å². The van der Waals surface area contributed by atoms with Crippen molar-refractivity contribution in [2.24, 2.45) is 0 Å². The molecule has 10 nitrogen and oxygen atoms in total. The van der Waals surface area contributed by atoms with Gasteiger partial charge < -0.3 is 19.7 Å². The second kappa shape index (κ2) is 15.7. The zero-order valence-corrected chi connectivity index (χ0v) is 26.2. The number of esters is 2. The summed E-state index contributed by atoms with van der Waals surface area (Å²) in [4.78, 5) is 42.1. The summed E-state index contributed by atoms with van der Waals surface area (Å²) < 4.78 is 10.8. The Kier molecular flexibility index (Phi) is 11.5. The van der Waals surface area contributed by atoms with Gasteiger partial charge in [-0.1, -0.05) is 60.7 Å². The summed E-state index contributed by atoms with van der Waals surface area (Å²) in [5, 5.41) is 14.6. The summed E-state index contributed by atoms with van der Waals surface area (Å²) in [6.07, 6.45) is 0.591. The van der Waals surface area contributed by atoms with Crippen LogP contribution in [0.3, 0.4) is 0 Å². The van der Waals surface area contributed by atoms with E-state index >= 15 is 0 Å². The molecule has 0 radical (unpaired) electrons. The zero-order valence-electron chi connectivity index (χ0n) is 26.2. The number of nitro benzene ring substituents is 1. The number of carbonyl (C=O) groups excluding carboxylic acids is 2. The van der Waals surface area contributed by atoms with Crippen molar-refractivity contribution in [3.05, 3.63) is 129 Å². The zero-order chi connectivity index (χ0) is 32.3. The van der Waals surface area contributed by atoms with E-state index in [0.29, 0.717) is 29.9 Å². The highest BCUT2D eigenvalue weighted by molar-refractivity contribution is 5.99. The first-order valence-corrected chi connectivity index (χ1v) is 14.9. The molecule has 10 heteroatoms. The molecule has 0 aromatic heterocycles. The number of rotatable bonds is 14. The van der Waals surface area contributed by atoms with Crippen molar-refractivity contribution in [3.8, 4) is 0 Å². The number of nitrogens with zero attached hydrogens (tertiary/aromatic N) is 3. The largest absolute Gasteiger partial charge is 0.466 e. The van der Waals surface area contributed by atoms with E-state index in [-0.39, 0.29) is 23.4 Å². The second-order valence-corrected chi connectivity index (χ2v) is 11.0. The normalized spacial score (nSPS) is 14.6. The number of likely N-dealkylation sites (N-methyl/N-ethyl adjacent to an activating group) is 1. The van der Waals surface area contributed by atoms with E-state index in [9.17, 15) is 19.7 Å². The number of ether oxygens (including phenoxy) is 2. The van der Waals surface area contributed by atoms with Crippen molar-refractivity contribution in [1.29, 1.82) is 0 Å². The molecule has 1 N–H and O–H groups in total. The van der Waals surface area contributed by atoms with Crippen LogP contribution in [0.15, 0.2) is 107 Å². The van der Waals surface area contributed by atoms with Crippen LogP contribution < -0.4 is 10.2 Å². The topological polar surface area (TPSA) is 114 Å². The Balaban J connectivity index is 1.46. The van der Waals surface area contributed by atoms with E-state index in [1.807, 2.05) is 36.4 Å². The van der Waals surface area contributed by atoms with Crippen molar-refractivity contribution in [2.45, 2.75) is 32.7 Å². The fraction of sp³-hybridized carbons (Fsp3) is 0.314. The Hall–Kier alpha value is -4.96. The summed E-state index contributed by atoms with van der Waals surface area (Å²) in [7, 11) is 3.33. The van der Waals surface area contributed by atoms with Gasteiger partial charge in [-0.05, 0) is 43.5 Å². The molecule has 0 saturated carbocycles. The number of methoxy groups -OCH3 is 1. The molecule has 0 spiro atoms. The molecule has 1 aliphatic heterocycles. The van der Waals surface area contributed by atoms with Crippen LogP contribution in [0.1, 0.15) is 37.3 Å². The number of nitro groups is 1. The number of dihydropyridines is 1. The Morgan fingerprint density at radius 3 is 2.16 bits per heavy atom. The van der Waals surface area contributed by atoms with E-state index in [1.165, 1.54) is 30.9 Å². The molecular weight excluding hydrogens is 572 g/mol. The van der Waals surface area contributed by atoms with Gasteiger partial charge >= 0.3 is 11.9 Å². The van der Waals surface area contributed by atoms with Crippen LogP contribution in [0.2, 0.25) is 0 Å². The molecular formula is C35H40N4O6. The number of nitrogens with one attached hydrogen (secondary N) is 1. The molecule has 0 amide bonds. The van der Waals surface area contributed by atoms with Gasteiger partial charge in [0.25, 0.3) is 5.69 Å². The first kappa shape index (κ1) is 32.9. The lowest BCUT2D eigenvalue weighted by atomic mass is 9.80. The highest BCUT2D eigenvalue weighted by Gasteiger charge is 2.38. The highest BCUT2D eigenvalue weighted by atomic mass is 16.6. The quantitative estimate of drug-likeness (QED) is 0.108. The summed E-state index contributed by atoms with van der Waals surface area (Å²) >= 11 is 0. The fourth-order valence-electron chi connectivity index (χ4n) is 5.54. The maximum absolute atomic E-state index is 13.6. The number of anilines is 1. The van der Waals surface area contributed by atoms with Gasteiger partial charge in [0.1, 0.15) is 0 Å². The number of benzene rings is 3. The minimum absolute atomic E-state index is 0.144. The van der Waals surface area contributed by atoms with Crippen LogP contribution in [0.5, 0.6) is 0 Å². The van der Waals surface area contributed by atoms with Gasteiger partial charge in [0, 0.05) is 62.4 Å². The first-order valence-electron chi connectivity index (χ1n) is 14.9. The second-order valence-electron chi connectivity index (χ2n) is 11.0. The van der Waals surface area contributed by atoms with Crippen LogP contribution in [0.4, 0.5) is 11.4 Å². The lowest BCUT2D eigenvalue weighted by Gasteiger charge is -2.30. The van der Waals surface area contributed by atoms with Crippen LogP contribution in [-0.2, 0) is 25.6 Å². The molecule has 1 unspecified atom stereocenters. The minimum Gasteiger partial charge on any atom is -0.466 e. The first-order chi connectivity index (χ1) is 21.7. The third-order valence-electron chi connectivity index (χ3n) is 7.85. The van der Waals surface area contributed by atoms with E-state index in [4.69, 9.17) is 9.47 Å². The molecule has 0 saturated heterocycles. The number of carbonyl (C=O) groups is 2. The van der Waals surface area contributed by atoms with Crippen LogP contribution >= 0.6 is 0 Å². The summed E-state index contributed by atoms with van der Waals surface area (Å²) in [6.45, 7) is 6.68. The Bertz CT molecular complexity index is 1550. The highest BCUT2D eigenvalue weighted by Crippen LogP contribution is 2.40. The Morgan fingerprint density at radius 1 is 0.867 bits per heavy atom. The van der Waals surface area contributed by atoms with Crippen molar-refractivity contribution >= 4 is 23.3 Å². The van der Waals surface area contributed by atoms with Gasteiger partial charge in [-0.2, -0.15) is 0 Å². The molecule has 45 heavy (non-hydrogen) atoms. The SMILES string of the molecule is COC(=O)C1=C(C)NC(C)=C(C(=O)OCCCN(CCN(C)c2ccccc2)Cc2ccccc2)C1c1cccc([N+](=O)[O-])c1. The van der Waals surface area contributed by atoms with Crippen molar-refractivity contribution < 1.29 is 24.0 Å². The predicted molar refractivity (Wildman–Crippen MR) is 173 cm³/mol. The number of hydrogen-bond acceptors (Lipinski definition) is 9. The molecule has 4 rings (SSSR count). The maximum atomic E-state index is 13.6. The molecule has 0 fully saturated rings. The fourth-order valence-corrected chi connectivity index (χ4v) is 5.54. The Morgan fingerprint density at radius 2 is 1.51 bits per heavy atom. The van der Waals surface area contributed by atoms with E-state index in [0.717, 1.165) is 25.3 Å². The smallest absolute Gasteiger partial charge is 0.336 e. The molecule has 0 bridgehead atoms. The van der Waals surface area contributed by atoms with Crippen molar-refractivity contribution in [2.75, 3.05) is 45.3 Å². The van der Waals surface area contributed by atoms with E-state index < -0.39 is 22.8 Å². The van der Waals surface area contributed by atoms with Gasteiger partial charge in [0.15, 0.2) is 0 Å². The average molecular weight is 613 g/mol. The maximum Gasteiger partial charge on any atom is 0.336 e. The number of hydrogen-bond donors (Lipinski definition) is 1. The molecule has 236 valence electrons. The number of para-hydroxylation sites is 1. The number of allylic oxidation sites excluding steroid dienone is 2. The lowest BCUT2D eigenvalue weighted by Crippen LogP contribution is -2.34. The predicted octanol–water partition coefficient (Wildman–Crippen LogP) is 5.57. The summed E-state index contributed by atoms with van der Waals surface area (Å²) in [5.41, 5.74) is 4.05. The van der Waals surface area contributed by atoms with Crippen LogP contribution in [0.25, 0.3) is 0 Å². The summed E-state index contributed by atoms with van der Waals surface area (Å²) in [5.74, 6) is -2.12. The van der Waals surface area contributed by atoms with Gasteiger partial charge in [0.2, 0.25) is 0 Å². The molecule has 1 atom stereocenters. The average Bonchev–Trinajstić information content (AvgIpc) is 3.05. The third kappa shape index (κ3) is 8.57. The van der Waals surface area contributed by atoms with Gasteiger partial charge in [-0.25, -0.2) is 9.59 Å². The molecule has 3 aromatic rings. The van der Waals surface area contributed by atoms with E-state index in [1.54, 1.807) is 19.9 Å². The molecule has 1 heterocycles. The Labute approximate surface area is 264 Å². The van der Waals surface area contributed by atoms with Crippen molar-refractivity contribution in [1.82, 2.24) is 10.2 Å². The molecule has 0 aliphatic carbocycles. The van der Waals surface area contributed by atoms with Crippen molar-refractivity contribution in [3.63, 3.8) is 0 Å². The molecule has 3 aromatic carbocycles. The van der Waals surface area contributed by atoms with Crippen LogP contribution in [0, 0.1) is 10.1 Å². The lowest BCUT2D eigenvalue weighted by molar-refractivity contribution is -0.384. The minimum atomic E-state index is -0.894. The van der Waals surface area contributed by atoms with Crippen LogP contribution in [-0.4, -0.2) is 62.2 Å². The van der Waals surface area contributed by atoms with Gasteiger partial charge in [0.05, 0.1) is 35.7 Å². The number of non-ortho nitro benzene ring substituents is 1. The standard InChI is InChI=1S/C35H40N4O6/c1-25-31(34(40)44-4)33(28-15-11-18-30(23-28)39(42)43)32(26(2)36-25)35(41)45-22-12-19-38(24-27-13-7-5-8-14-27)21-20-37(3)29-16-9-6-10-17-29/h5-11,13-18,23,33,36H,12,19-22,24H2,1-4H3.